The smallest absolute Gasteiger partial charge is 0.337 e. The number of aromatic carboxylic acids is 4. The number of carbonyl (C=O) groups is 4. The molecule has 10 heteroatoms. The van der Waals surface area contributed by atoms with Crippen molar-refractivity contribution in [3.8, 4) is 20.9 Å². The van der Waals surface area contributed by atoms with Crippen LogP contribution in [0.15, 0.2) is 35.0 Å². The van der Waals surface area contributed by atoms with Gasteiger partial charge < -0.3 is 20.4 Å². The first kappa shape index (κ1) is 19.3. The highest BCUT2D eigenvalue weighted by Crippen LogP contribution is 2.39. The van der Waals surface area contributed by atoms with Crippen LogP contribution in [0.2, 0.25) is 0 Å². The predicted octanol–water partition coefficient (Wildman–Crippen LogP) is 3.94. The van der Waals surface area contributed by atoms with Crippen molar-refractivity contribution >= 4 is 46.6 Å². The molecule has 0 aliphatic carbocycles. The summed E-state index contributed by atoms with van der Waals surface area (Å²) in [4.78, 5) is 46.7. The van der Waals surface area contributed by atoms with Gasteiger partial charge in [0.25, 0.3) is 0 Å². The van der Waals surface area contributed by atoms with Crippen LogP contribution in [-0.4, -0.2) is 44.3 Å². The Morgan fingerprint density at radius 1 is 0.571 bits per heavy atom. The summed E-state index contributed by atoms with van der Waals surface area (Å²) < 4.78 is 0. The maximum atomic E-state index is 11.8. The fraction of sp³-hybridized carbons (Fsp3) is 0. The van der Waals surface area contributed by atoms with E-state index in [4.69, 9.17) is 0 Å². The molecule has 2 aromatic heterocycles. The highest BCUT2D eigenvalue weighted by atomic mass is 32.1. The van der Waals surface area contributed by atoms with Crippen LogP contribution >= 0.6 is 22.7 Å². The fourth-order valence-electron chi connectivity index (χ4n) is 2.70. The molecule has 142 valence electrons. The lowest BCUT2D eigenvalue weighted by Crippen LogP contribution is -2.08. The van der Waals surface area contributed by atoms with E-state index in [2.05, 4.69) is 0 Å². The van der Waals surface area contributed by atoms with Crippen LogP contribution in [0.5, 0.6) is 0 Å². The first-order valence-electron chi connectivity index (χ1n) is 7.49. The van der Waals surface area contributed by atoms with Gasteiger partial charge in [0.2, 0.25) is 0 Å². The van der Waals surface area contributed by atoms with Crippen LogP contribution < -0.4 is 0 Å². The van der Waals surface area contributed by atoms with E-state index in [-0.39, 0.29) is 43.1 Å². The van der Waals surface area contributed by atoms with Gasteiger partial charge in [0, 0.05) is 20.9 Å². The lowest BCUT2D eigenvalue weighted by atomic mass is 9.94. The molecule has 0 aliphatic rings. The molecular formula is C18H10O8S2. The van der Waals surface area contributed by atoms with Gasteiger partial charge in [0.05, 0.1) is 22.3 Å². The molecular weight excluding hydrogens is 408 g/mol. The molecule has 0 bridgehead atoms. The van der Waals surface area contributed by atoms with E-state index in [9.17, 15) is 39.6 Å². The minimum absolute atomic E-state index is 0.0607. The Hall–Kier alpha value is -3.50. The first-order chi connectivity index (χ1) is 13.2. The molecule has 28 heavy (non-hydrogen) atoms. The van der Waals surface area contributed by atoms with E-state index in [1.54, 1.807) is 0 Å². The van der Waals surface area contributed by atoms with E-state index in [0.29, 0.717) is 0 Å². The summed E-state index contributed by atoms with van der Waals surface area (Å²) in [6.45, 7) is 0. The highest BCUT2D eigenvalue weighted by Gasteiger charge is 2.26. The molecule has 8 nitrogen and oxygen atoms in total. The maximum absolute atomic E-state index is 11.8. The number of rotatable bonds is 6. The third-order valence-electron chi connectivity index (χ3n) is 3.90. The topological polar surface area (TPSA) is 149 Å². The van der Waals surface area contributed by atoms with E-state index < -0.39 is 23.9 Å². The second-order valence-corrected chi connectivity index (χ2v) is 7.32. The summed E-state index contributed by atoms with van der Waals surface area (Å²) in [5, 5.41) is 40.8. The Balaban J connectivity index is 2.37. The van der Waals surface area contributed by atoms with Gasteiger partial charge in [0.15, 0.2) is 0 Å². The SMILES string of the molecule is O=C(O)c1cc(-c2sccc2C(=O)O)c(C(=O)O)cc1-c1sccc1C(=O)O. The number of hydrogen-bond acceptors (Lipinski definition) is 6. The molecule has 0 amide bonds. The van der Waals surface area contributed by atoms with Crippen LogP contribution in [0, 0.1) is 0 Å². The molecule has 0 fully saturated rings. The van der Waals surface area contributed by atoms with Crippen molar-refractivity contribution in [2.75, 3.05) is 0 Å². The minimum Gasteiger partial charge on any atom is -0.478 e. The molecule has 0 spiro atoms. The average Bonchev–Trinajstić information content (AvgIpc) is 3.29. The quantitative estimate of drug-likeness (QED) is 0.470. The number of benzene rings is 1. The van der Waals surface area contributed by atoms with Crippen LogP contribution in [-0.2, 0) is 0 Å². The zero-order valence-electron chi connectivity index (χ0n) is 13.7. The average molecular weight is 418 g/mol. The van der Waals surface area contributed by atoms with E-state index in [0.717, 1.165) is 34.8 Å². The number of carboxylic acid groups (broad SMARTS) is 4. The molecule has 0 atom stereocenters. The highest BCUT2D eigenvalue weighted by molar-refractivity contribution is 7.14. The number of thiophene rings is 2. The van der Waals surface area contributed by atoms with Gasteiger partial charge in [0.1, 0.15) is 0 Å². The van der Waals surface area contributed by atoms with Crippen molar-refractivity contribution in [1.82, 2.24) is 0 Å². The Bertz CT molecular complexity index is 1050. The molecule has 0 saturated carbocycles. The molecule has 2 heterocycles. The zero-order valence-corrected chi connectivity index (χ0v) is 15.3. The van der Waals surface area contributed by atoms with E-state index in [1.165, 1.54) is 22.9 Å². The maximum Gasteiger partial charge on any atom is 0.337 e. The van der Waals surface area contributed by atoms with Crippen LogP contribution in [0.25, 0.3) is 20.9 Å². The molecule has 0 radical (unpaired) electrons. The Morgan fingerprint density at radius 2 is 0.893 bits per heavy atom. The number of carboxylic acids is 4. The zero-order chi connectivity index (χ0) is 20.6. The lowest BCUT2D eigenvalue weighted by Gasteiger charge is -2.12. The van der Waals surface area contributed by atoms with E-state index >= 15 is 0 Å². The van der Waals surface area contributed by atoms with Crippen molar-refractivity contribution < 1.29 is 39.6 Å². The van der Waals surface area contributed by atoms with Crippen LogP contribution in [0.1, 0.15) is 41.4 Å². The molecule has 3 aromatic rings. The van der Waals surface area contributed by atoms with Crippen LogP contribution in [0.4, 0.5) is 0 Å². The van der Waals surface area contributed by atoms with Gasteiger partial charge in [-0.25, -0.2) is 19.2 Å². The molecule has 0 unspecified atom stereocenters. The van der Waals surface area contributed by atoms with Gasteiger partial charge in [-0.2, -0.15) is 0 Å². The van der Waals surface area contributed by atoms with Gasteiger partial charge >= 0.3 is 23.9 Å². The van der Waals surface area contributed by atoms with Gasteiger partial charge in [-0.15, -0.1) is 22.7 Å². The van der Waals surface area contributed by atoms with Gasteiger partial charge in [-0.1, -0.05) is 0 Å². The summed E-state index contributed by atoms with van der Waals surface area (Å²) >= 11 is 1.93. The summed E-state index contributed by atoms with van der Waals surface area (Å²) in [7, 11) is 0. The van der Waals surface area contributed by atoms with Crippen LogP contribution in [0.3, 0.4) is 0 Å². The van der Waals surface area contributed by atoms with Crippen molar-refractivity contribution in [2.24, 2.45) is 0 Å². The minimum atomic E-state index is -1.40. The molecule has 3 rings (SSSR count). The Labute approximate surface area is 164 Å². The largest absolute Gasteiger partial charge is 0.478 e. The summed E-state index contributed by atoms with van der Waals surface area (Å²) in [6.07, 6.45) is 0. The van der Waals surface area contributed by atoms with E-state index in [1.807, 2.05) is 0 Å². The summed E-state index contributed by atoms with van der Waals surface area (Å²) in [6, 6.07) is 4.74. The third-order valence-corrected chi connectivity index (χ3v) is 5.79. The Morgan fingerprint density at radius 3 is 1.18 bits per heavy atom. The summed E-state index contributed by atoms with van der Waals surface area (Å²) in [5.41, 5.74) is -1.08. The monoisotopic (exact) mass is 418 g/mol. The number of hydrogen-bond donors (Lipinski definition) is 4. The second kappa shape index (κ2) is 7.25. The standard InChI is InChI=1S/C18H10O8S2/c19-15(20)7-1-3-27-13(7)9-5-12(18(25)26)10(6-11(9)17(23)24)14-8(16(21)22)2-4-28-14/h1-6H,(H,19,20)(H,21,22)(H,23,24)(H,25,26). The lowest BCUT2D eigenvalue weighted by molar-refractivity contribution is 0.0681. The van der Waals surface area contributed by atoms with Crippen molar-refractivity contribution in [3.05, 3.63) is 57.3 Å². The predicted molar refractivity (Wildman–Crippen MR) is 101 cm³/mol. The molecule has 0 aliphatic heterocycles. The van der Waals surface area contributed by atoms with Crippen molar-refractivity contribution in [1.29, 1.82) is 0 Å². The molecule has 0 saturated heterocycles. The molecule has 4 N–H and O–H groups in total. The van der Waals surface area contributed by atoms with Gasteiger partial charge in [-0.05, 0) is 35.0 Å². The van der Waals surface area contributed by atoms with Crippen molar-refractivity contribution in [3.63, 3.8) is 0 Å². The summed E-state index contributed by atoms with van der Waals surface area (Å²) in [5.74, 6) is -5.35. The first-order valence-corrected chi connectivity index (χ1v) is 9.25. The van der Waals surface area contributed by atoms with Gasteiger partial charge in [-0.3, -0.25) is 0 Å². The third kappa shape index (κ3) is 3.26. The molecule has 1 aromatic carbocycles. The Kier molecular flexibility index (Phi) is 4.99. The fourth-order valence-corrected chi connectivity index (χ4v) is 4.54. The van der Waals surface area contributed by atoms with Crippen molar-refractivity contribution in [2.45, 2.75) is 0 Å². The second-order valence-electron chi connectivity index (χ2n) is 5.49. The normalized spacial score (nSPS) is 10.6.